The number of aliphatic carboxylic acids is 1. The summed E-state index contributed by atoms with van der Waals surface area (Å²) in [5.41, 5.74) is 0. The van der Waals surface area contributed by atoms with Crippen molar-refractivity contribution in [1.82, 2.24) is 4.90 Å². The quantitative estimate of drug-likeness (QED) is 0.766. The summed E-state index contributed by atoms with van der Waals surface area (Å²) in [5.74, 6) is -0.881. The van der Waals surface area contributed by atoms with Gasteiger partial charge in [-0.3, -0.25) is 4.79 Å². The Morgan fingerprint density at radius 2 is 2.06 bits per heavy atom. The normalized spacial score (nSPS) is 28.7. The molecule has 1 aliphatic carbocycles. The van der Waals surface area contributed by atoms with Crippen LogP contribution in [0.5, 0.6) is 0 Å². The molecule has 0 radical (unpaired) electrons. The van der Waals surface area contributed by atoms with E-state index in [1.54, 1.807) is 0 Å². The fourth-order valence-electron chi connectivity index (χ4n) is 2.82. The SMILES string of the molecule is O=C(O)C(C1CCCC1)N1CC(Cl)CC1=O. The minimum Gasteiger partial charge on any atom is -0.480 e. The molecule has 0 aromatic rings. The molecule has 2 atom stereocenters. The van der Waals surface area contributed by atoms with Crippen molar-refractivity contribution in [3.05, 3.63) is 0 Å². The van der Waals surface area contributed by atoms with Crippen molar-refractivity contribution >= 4 is 23.5 Å². The lowest BCUT2D eigenvalue weighted by atomic mass is 9.97. The maximum Gasteiger partial charge on any atom is 0.326 e. The van der Waals surface area contributed by atoms with Crippen LogP contribution < -0.4 is 0 Å². The Balaban J connectivity index is 2.12. The number of nitrogens with zero attached hydrogens (tertiary/aromatic N) is 1. The van der Waals surface area contributed by atoms with E-state index >= 15 is 0 Å². The molecule has 0 aromatic heterocycles. The Labute approximate surface area is 99.6 Å². The highest BCUT2D eigenvalue weighted by atomic mass is 35.5. The molecule has 2 unspecified atom stereocenters. The van der Waals surface area contributed by atoms with Crippen LogP contribution in [0.4, 0.5) is 0 Å². The van der Waals surface area contributed by atoms with E-state index in [0.717, 1.165) is 25.7 Å². The van der Waals surface area contributed by atoms with Crippen LogP contribution in [0.2, 0.25) is 0 Å². The number of amides is 1. The summed E-state index contributed by atoms with van der Waals surface area (Å²) >= 11 is 5.90. The first-order chi connectivity index (χ1) is 7.59. The Bertz CT molecular complexity index is 302. The zero-order valence-electron chi connectivity index (χ0n) is 9.06. The van der Waals surface area contributed by atoms with Crippen molar-refractivity contribution in [3.8, 4) is 0 Å². The average molecular weight is 246 g/mol. The lowest BCUT2D eigenvalue weighted by Gasteiger charge is -2.29. The molecule has 0 bridgehead atoms. The number of rotatable bonds is 3. The molecule has 1 saturated carbocycles. The maximum absolute atomic E-state index is 11.7. The van der Waals surface area contributed by atoms with Gasteiger partial charge in [0.25, 0.3) is 0 Å². The summed E-state index contributed by atoms with van der Waals surface area (Å²) in [6.45, 7) is 0.383. The van der Waals surface area contributed by atoms with Gasteiger partial charge in [0.15, 0.2) is 0 Å². The first-order valence-corrected chi connectivity index (χ1v) is 6.19. The summed E-state index contributed by atoms with van der Waals surface area (Å²) in [4.78, 5) is 24.4. The Morgan fingerprint density at radius 3 is 2.50 bits per heavy atom. The van der Waals surface area contributed by atoms with Crippen LogP contribution in [0.25, 0.3) is 0 Å². The van der Waals surface area contributed by atoms with Crippen molar-refractivity contribution in [1.29, 1.82) is 0 Å². The van der Waals surface area contributed by atoms with Gasteiger partial charge < -0.3 is 10.0 Å². The van der Waals surface area contributed by atoms with Crippen LogP contribution in [-0.2, 0) is 9.59 Å². The number of halogens is 1. The molecular weight excluding hydrogens is 230 g/mol. The summed E-state index contributed by atoms with van der Waals surface area (Å²) in [5, 5.41) is 9.03. The fourth-order valence-corrected chi connectivity index (χ4v) is 3.10. The summed E-state index contributed by atoms with van der Waals surface area (Å²) in [7, 11) is 0. The monoisotopic (exact) mass is 245 g/mol. The molecule has 5 heteroatoms. The molecule has 2 aliphatic rings. The lowest BCUT2D eigenvalue weighted by Crippen LogP contribution is -2.46. The van der Waals surface area contributed by atoms with Crippen LogP contribution in [0, 0.1) is 5.92 Å². The third-order valence-corrected chi connectivity index (χ3v) is 3.84. The van der Waals surface area contributed by atoms with Gasteiger partial charge in [0.2, 0.25) is 5.91 Å². The Morgan fingerprint density at radius 1 is 1.44 bits per heavy atom. The number of alkyl halides is 1. The summed E-state index contributed by atoms with van der Waals surface area (Å²) in [6, 6.07) is -0.654. The zero-order valence-corrected chi connectivity index (χ0v) is 9.82. The van der Waals surface area contributed by atoms with Gasteiger partial charge in [-0.25, -0.2) is 4.79 Å². The van der Waals surface area contributed by atoms with E-state index in [-0.39, 0.29) is 23.6 Å². The number of carboxylic acids is 1. The van der Waals surface area contributed by atoms with Gasteiger partial charge in [0.1, 0.15) is 6.04 Å². The second-order valence-electron chi connectivity index (χ2n) is 4.68. The van der Waals surface area contributed by atoms with Crippen LogP contribution in [0.15, 0.2) is 0 Å². The molecule has 1 amide bonds. The van der Waals surface area contributed by atoms with Gasteiger partial charge in [-0.05, 0) is 18.8 Å². The van der Waals surface area contributed by atoms with Gasteiger partial charge in [0.05, 0.1) is 5.38 Å². The van der Waals surface area contributed by atoms with Crippen molar-refractivity contribution < 1.29 is 14.7 Å². The first-order valence-electron chi connectivity index (χ1n) is 5.76. The molecule has 2 rings (SSSR count). The Kier molecular flexibility index (Phi) is 3.38. The summed E-state index contributed by atoms with van der Waals surface area (Å²) < 4.78 is 0. The maximum atomic E-state index is 11.7. The first kappa shape index (κ1) is 11.7. The number of carbonyl (C=O) groups excluding carboxylic acids is 1. The standard InChI is InChI=1S/C11H16ClNO3/c12-8-5-9(14)13(6-8)10(11(15)16)7-3-1-2-4-7/h7-8,10H,1-6H2,(H,15,16). The third-order valence-electron chi connectivity index (χ3n) is 3.55. The van der Waals surface area contributed by atoms with E-state index in [2.05, 4.69) is 0 Å². The van der Waals surface area contributed by atoms with Gasteiger partial charge >= 0.3 is 5.97 Å². The molecular formula is C11H16ClNO3. The average Bonchev–Trinajstić information content (AvgIpc) is 2.78. The highest BCUT2D eigenvalue weighted by molar-refractivity contribution is 6.22. The number of likely N-dealkylation sites (tertiary alicyclic amines) is 1. The van der Waals surface area contributed by atoms with Crippen molar-refractivity contribution in [2.45, 2.75) is 43.5 Å². The molecule has 90 valence electrons. The third kappa shape index (κ3) is 2.17. The van der Waals surface area contributed by atoms with Crippen LogP contribution in [-0.4, -0.2) is 39.8 Å². The second-order valence-corrected chi connectivity index (χ2v) is 5.29. The van der Waals surface area contributed by atoms with Crippen molar-refractivity contribution in [2.24, 2.45) is 5.92 Å². The molecule has 2 fully saturated rings. The molecule has 0 aromatic carbocycles. The fraction of sp³-hybridized carbons (Fsp3) is 0.818. The number of hydrogen-bond acceptors (Lipinski definition) is 2. The largest absolute Gasteiger partial charge is 0.480 e. The Hall–Kier alpha value is -0.770. The van der Waals surface area contributed by atoms with Crippen LogP contribution in [0.1, 0.15) is 32.1 Å². The number of carbonyl (C=O) groups is 2. The molecule has 0 spiro atoms. The van der Waals surface area contributed by atoms with E-state index in [9.17, 15) is 14.7 Å². The van der Waals surface area contributed by atoms with Gasteiger partial charge in [-0.2, -0.15) is 0 Å². The predicted octanol–water partition coefficient (Wildman–Crippen LogP) is 1.47. The van der Waals surface area contributed by atoms with Gasteiger partial charge in [-0.1, -0.05) is 12.8 Å². The van der Waals surface area contributed by atoms with E-state index < -0.39 is 12.0 Å². The van der Waals surface area contributed by atoms with E-state index in [0.29, 0.717) is 6.54 Å². The van der Waals surface area contributed by atoms with E-state index in [1.165, 1.54) is 4.90 Å². The second kappa shape index (κ2) is 4.62. The minimum atomic E-state index is -0.883. The predicted molar refractivity (Wildman–Crippen MR) is 59.4 cm³/mol. The zero-order chi connectivity index (χ0) is 11.7. The van der Waals surface area contributed by atoms with Gasteiger partial charge in [0, 0.05) is 13.0 Å². The minimum absolute atomic E-state index is 0.112. The highest BCUT2D eigenvalue weighted by Gasteiger charge is 2.41. The molecule has 1 saturated heterocycles. The van der Waals surface area contributed by atoms with Crippen LogP contribution in [0.3, 0.4) is 0 Å². The number of carboxylic acid groups (broad SMARTS) is 1. The van der Waals surface area contributed by atoms with Gasteiger partial charge in [-0.15, -0.1) is 11.6 Å². The number of hydrogen-bond donors (Lipinski definition) is 1. The van der Waals surface area contributed by atoms with E-state index in [1.807, 2.05) is 0 Å². The summed E-state index contributed by atoms with van der Waals surface area (Å²) in [6.07, 6.45) is 4.24. The highest BCUT2D eigenvalue weighted by Crippen LogP contribution is 2.33. The van der Waals surface area contributed by atoms with Crippen LogP contribution >= 0.6 is 11.6 Å². The molecule has 16 heavy (non-hydrogen) atoms. The molecule has 4 nitrogen and oxygen atoms in total. The van der Waals surface area contributed by atoms with Crippen molar-refractivity contribution in [3.63, 3.8) is 0 Å². The topological polar surface area (TPSA) is 57.6 Å². The molecule has 1 heterocycles. The molecule has 1 aliphatic heterocycles. The van der Waals surface area contributed by atoms with Crippen molar-refractivity contribution in [2.75, 3.05) is 6.54 Å². The van der Waals surface area contributed by atoms with E-state index in [4.69, 9.17) is 11.6 Å². The lowest BCUT2D eigenvalue weighted by molar-refractivity contribution is -0.150. The smallest absolute Gasteiger partial charge is 0.326 e. The molecule has 1 N–H and O–H groups in total.